The third-order valence-electron chi connectivity index (χ3n) is 5.47. The number of aryl methyl sites for hydroxylation is 1. The van der Waals surface area contributed by atoms with Gasteiger partial charge < -0.3 is 4.74 Å². The third-order valence-corrected chi connectivity index (χ3v) is 5.47. The summed E-state index contributed by atoms with van der Waals surface area (Å²) >= 11 is 0. The Hall–Kier alpha value is -2.11. The van der Waals surface area contributed by atoms with Crippen LogP contribution in [0.1, 0.15) is 50.2 Å². The van der Waals surface area contributed by atoms with Crippen LogP contribution in [0.15, 0.2) is 36.4 Å². The highest BCUT2D eigenvalue weighted by molar-refractivity contribution is 5.29. The van der Waals surface area contributed by atoms with E-state index in [1.54, 1.807) is 12.1 Å². The predicted molar refractivity (Wildman–Crippen MR) is 96.7 cm³/mol. The van der Waals surface area contributed by atoms with Crippen molar-refractivity contribution in [3.05, 3.63) is 65.0 Å². The zero-order valence-corrected chi connectivity index (χ0v) is 15.7. The van der Waals surface area contributed by atoms with Gasteiger partial charge in [-0.2, -0.15) is 8.78 Å². The number of benzene rings is 2. The van der Waals surface area contributed by atoms with Gasteiger partial charge in [-0.3, -0.25) is 0 Å². The van der Waals surface area contributed by atoms with E-state index in [0.29, 0.717) is 18.1 Å². The zero-order chi connectivity index (χ0) is 20.3. The summed E-state index contributed by atoms with van der Waals surface area (Å²) in [5.41, 5.74) is 0.518. The Morgan fingerprint density at radius 3 is 2.07 bits per heavy atom. The molecule has 0 unspecified atom stereocenters. The zero-order valence-electron chi connectivity index (χ0n) is 15.7. The second-order valence-corrected chi connectivity index (χ2v) is 7.68. The number of hydrogen-bond acceptors (Lipinski definition) is 1. The van der Waals surface area contributed by atoms with Gasteiger partial charge in [-0.05, 0) is 42.4 Å². The average Bonchev–Trinajstić information content (AvgIpc) is 2.65. The van der Waals surface area contributed by atoms with E-state index in [4.69, 9.17) is 0 Å². The van der Waals surface area contributed by atoms with Gasteiger partial charge in [-0.25, -0.2) is 13.2 Å². The Morgan fingerprint density at radius 1 is 0.929 bits per heavy atom. The van der Waals surface area contributed by atoms with Crippen molar-refractivity contribution in [2.45, 2.75) is 51.6 Å². The van der Waals surface area contributed by atoms with E-state index in [1.165, 1.54) is 37.8 Å². The molecule has 0 saturated heterocycles. The van der Waals surface area contributed by atoms with Gasteiger partial charge in [0.2, 0.25) is 0 Å². The van der Waals surface area contributed by atoms with Gasteiger partial charge in [0.05, 0.1) is 5.56 Å². The molecule has 0 spiro atoms. The first-order valence-electron chi connectivity index (χ1n) is 9.55. The number of ether oxygens (including phenoxy) is 1. The molecular formula is C22H23F5O. The molecule has 0 N–H and O–H groups in total. The molecule has 2 aromatic carbocycles. The van der Waals surface area contributed by atoms with Gasteiger partial charge in [-0.1, -0.05) is 44.7 Å². The van der Waals surface area contributed by atoms with Gasteiger partial charge in [-0.15, -0.1) is 0 Å². The van der Waals surface area contributed by atoms with E-state index >= 15 is 0 Å². The highest BCUT2D eigenvalue weighted by Crippen LogP contribution is 2.34. The maximum absolute atomic E-state index is 14.3. The van der Waals surface area contributed by atoms with Crippen molar-refractivity contribution in [3.8, 4) is 5.75 Å². The normalized spacial score (nSPS) is 20.2. The first-order valence-corrected chi connectivity index (χ1v) is 9.55. The molecule has 152 valence electrons. The fourth-order valence-corrected chi connectivity index (χ4v) is 3.65. The van der Waals surface area contributed by atoms with Crippen molar-refractivity contribution < 1.29 is 26.7 Å². The Balaban J connectivity index is 1.61. The van der Waals surface area contributed by atoms with Gasteiger partial charge in [0.25, 0.3) is 0 Å². The van der Waals surface area contributed by atoms with Gasteiger partial charge in [0.15, 0.2) is 17.5 Å². The Kier molecular flexibility index (Phi) is 6.26. The summed E-state index contributed by atoms with van der Waals surface area (Å²) in [7, 11) is 0. The molecule has 0 aliphatic heterocycles. The molecule has 0 radical (unpaired) electrons. The minimum atomic E-state index is -3.80. The van der Waals surface area contributed by atoms with Crippen LogP contribution in [0.4, 0.5) is 22.0 Å². The number of halogens is 5. The fraction of sp³-hybridized carbons (Fsp3) is 0.455. The minimum Gasteiger partial charge on any atom is -0.429 e. The summed E-state index contributed by atoms with van der Waals surface area (Å²) in [5, 5.41) is 0. The Bertz CT molecular complexity index is 772. The van der Waals surface area contributed by atoms with E-state index in [-0.39, 0.29) is 0 Å². The third kappa shape index (κ3) is 5.03. The summed E-state index contributed by atoms with van der Waals surface area (Å²) in [4.78, 5) is 0. The van der Waals surface area contributed by atoms with Crippen molar-refractivity contribution in [2.75, 3.05) is 0 Å². The SMILES string of the molecule is CC1CCC(CCc2ccc(C(F)(F)Oc3cc(F)c(F)c(F)c3)cc2)CC1. The molecule has 1 saturated carbocycles. The molecule has 1 nitrogen and oxygen atoms in total. The summed E-state index contributed by atoms with van der Waals surface area (Å²) in [6.45, 7) is 2.27. The van der Waals surface area contributed by atoms with E-state index in [2.05, 4.69) is 11.7 Å². The molecule has 1 aliphatic carbocycles. The molecule has 1 aliphatic rings. The molecule has 3 rings (SSSR count). The van der Waals surface area contributed by atoms with Crippen LogP contribution in [0.2, 0.25) is 0 Å². The van der Waals surface area contributed by atoms with Crippen molar-refractivity contribution in [2.24, 2.45) is 11.8 Å². The number of rotatable bonds is 6. The first kappa shape index (κ1) is 20.6. The van der Waals surface area contributed by atoms with Gasteiger partial charge in [0, 0.05) is 12.1 Å². The monoisotopic (exact) mass is 398 g/mol. The quantitative estimate of drug-likeness (QED) is 0.376. The van der Waals surface area contributed by atoms with E-state index in [0.717, 1.165) is 24.3 Å². The molecule has 0 bridgehead atoms. The lowest BCUT2D eigenvalue weighted by atomic mass is 9.80. The van der Waals surface area contributed by atoms with E-state index < -0.39 is 34.9 Å². The number of alkyl halides is 2. The first-order chi connectivity index (χ1) is 13.2. The standard InChI is InChI=1S/C22H23F5O/c1-14-2-4-15(5-3-14)6-7-16-8-10-17(11-9-16)22(26,27)28-18-12-19(23)21(25)20(24)13-18/h8-15H,2-7H2,1H3. The lowest BCUT2D eigenvalue weighted by Gasteiger charge is -2.26. The fourth-order valence-electron chi connectivity index (χ4n) is 3.65. The van der Waals surface area contributed by atoms with Crippen LogP contribution >= 0.6 is 0 Å². The highest BCUT2D eigenvalue weighted by Gasteiger charge is 2.35. The second kappa shape index (κ2) is 8.50. The molecule has 2 aromatic rings. The lowest BCUT2D eigenvalue weighted by Crippen LogP contribution is -2.22. The van der Waals surface area contributed by atoms with Crippen LogP contribution in [0.5, 0.6) is 5.75 Å². The molecule has 0 atom stereocenters. The molecular weight excluding hydrogens is 375 g/mol. The van der Waals surface area contributed by atoms with Gasteiger partial charge >= 0.3 is 6.11 Å². The van der Waals surface area contributed by atoms with Crippen LogP contribution in [0.25, 0.3) is 0 Å². The maximum Gasteiger partial charge on any atom is 0.426 e. The van der Waals surface area contributed by atoms with Gasteiger partial charge in [0.1, 0.15) is 5.75 Å². The predicted octanol–water partition coefficient (Wildman–Crippen LogP) is 6.99. The molecule has 28 heavy (non-hydrogen) atoms. The summed E-state index contributed by atoms with van der Waals surface area (Å²) in [5.74, 6) is -4.20. The molecule has 0 aromatic heterocycles. The molecule has 6 heteroatoms. The van der Waals surface area contributed by atoms with Crippen molar-refractivity contribution in [1.29, 1.82) is 0 Å². The maximum atomic E-state index is 14.3. The minimum absolute atomic E-state index is 0.395. The molecule has 1 fully saturated rings. The van der Waals surface area contributed by atoms with Crippen molar-refractivity contribution >= 4 is 0 Å². The van der Waals surface area contributed by atoms with Crippen LogP contribution < -0.4 is 4.74 Å². The largest absolute Gasteiger partial charge is 0.429 e. The average molecular weight is 398 g/mol. The van der Waals surface area contributed by atoms with Crippen LogP contribution in [-0.2, 0) is 12.5 Å². The summed E-state index contributed by atoms with van der Waals surface area (Å²) < 4.78 is 72.3. The van der Waals surface area contributed by atoms with Crippen LogP contribution in [0.3, 0.4) is 0 Å². The topological polar surface area (TPSA) is 9.23 Å². The van der Waals surface area contributed by atoms with E-state index in [9.17, 15) is 22.0 Å². The molecule has 0 heterocycles. The highest BCUT2D eigenvalue weighted by atomic mass is 19.3. The van der Waals surface area contributed by atoms with Crippen molar-refractivity contribution in [3.63, 3.8) is 0 Å². The summed E-state index contributed by atoms with van der Waals surface area (Å²) in [6.07, 6.45) is 2.99. The van der Waals surface area contributed by atoms with Crippen molar-refractivity contribution in [1.82, 2.24) is 0 Å². The van der Waals surface area contributed by atoms with Crippen LogP contribution in [-0.4, -0.2) is 0 Å². The van der Waals surface area contributed by atoms with Crippen LogP contribution in [0, 0.1) is 29.3 Å². The summed E-state index contributed by atoms with van der Waals surface area (Å²) in [6, 6.07) is 6.51. The number of hydrogen-bond donors (Lipinski definition) is 0. The lowest BCUT2D eigenvalue weighted by molar-refractivity contribution is -0.185. The van der Waals surface area contributed by atoms with E-state index in [1.807, 2.05) is 0 Å². The second-order valence-electron chi connectivity index (χ2n) is 7.68. The Morgan fingerprint density at radius 2 is 1.50 bits per heavy atom. The Labute approximate surface area is 161 Å². The smallest absolute Gasteiger partial charge is 0.426 e. The molecule has 0 amide bonds.